The summed E-state index contributed by atoms with van der Waals surface area (Å²) in [6, 6.07) is -0.874. The van der Waals surface area contributed by atoms with Crippen LogP contribution in [-0.4, -0.2) is 43.6 Å². The lowest BCUT2D eigenvalue weighted by Crippen LogP contribution is -2.48. The van der Waals surface area contributed by atoms with Gasteiger partial charge in [-0.15, -0.1) is 0 Å². The first-order valence-electron chi connectivity index (χ1n) is 5.82. The standard InChI is InChI=1S/C11H18N2O5/c1-17-9(14)5-4-7(10(12)15)13-11(16)8-3-2-6-18-8/h7-8H,2-6H2,1H3,(H2,12,15)(H,13,16)/t7-,8-/m1/s1. The van der Waals surface area contributed by atoms with Crippen molar-refractivity contribution >= 4 is 17.8 Å². The molecule has 7 nitrogen and oxygen atoms in total. The van der Waals surface area contributed by atoms with Gasteiger partial charge in [-0.2, -0.15) is 0 Å². The summed E-state index contributed by atoms with van der Waals surface area (Å²) in [6.07, 6.45) is 1.08. The van der Waals surface area contributed by atoms with Crippen LogP contribution in [0.3, 0.4) is 0 Å². The Morgan fingerprint density at radius 1 is 1.50 bits per heavy atom. The zero-order chi connectivity index (χ0) is 13.5. The highest BCUT2D eigenvalue weighted by Crippen LogP contribution is 2.12. The molecular formula is C11H18N2O5. The van der Waals surface area contributed by atoms with Crippen LogP contribution in [0.15, 0.2) is 0 Å². The highest BCUT2D eigenvalue weighted by molar-refractivity contribution is 5.89. The van der Waals surface area contributed by atoms with Crippen LogP contribution < -0.4 is 11.1 Å². The Kier molecular flexibility index (Phi) is 5.57. The summed E-state index contributed by atoms with van der Waals surface area (Å²) < 4.78 is 9.64. The van der Waals surface area contributed by atoms with Crippen LogP contribution in [0.25, 0.3) is 0 Å². The molecule has 102 valence electrons. The molecule has 3 N–H and O–H groups in total. The van der Waals surface area contributed by atoms with Crippen LogP contribution in [0.4, 0.5) is 0 Å². The van der Waals surface area contributed by atoms with Crippen LogP contribution in [-0.2, 0) is 23.9 Å². The van der Waals surface area contributed by atoms with Crippen molar-refractivity contribution in [2.75, 3.05) is 13.7 Å². The van der Waals surface area contributed by atoms with E-state index in [0.29, 0.717) is 13.0 Å². The second kappa shape index (κ2) is 6.95. The Bertz CT molecular complexity index is 325. The molecule has 0 unspecified atom stereocenters. The smallest absolute Gasteiger partial charge is 0.305 e. The van der Waals surface area contributed by atoms with Crippen molar-refractivity contribution in [3.63, 3.8) is 0 Å². The van der Waals surface area contributed by atoms with Gasteiger partial charge in [-0.25, -0.2) is 0 Å². The third kappa shape index (κ3) is 4.33. The SMILES string of the molecule is COC(=O)CC[C@@H](NC(=O)[C@H]1CCCO1)C(N)=O. The summed E-state index contributed by atoms with van der Waals surface area (Å²) in [5.74, 6) is -1.49. The van der Waals surface area contributed by atoms with E-state index in [1.165, 1.54) is 7.11 Å². The predicted molar refractivity (Wildman–Crippen MR) is 61.3 cm³/mol. The Hall–Kier alpha value is -1.63. The number of esters is 1. The molecule has 1 saturated heterocycles. The molecule has 0 aromatic rings. The lowest BCUT2D eigenvalue weighted by atomic mass is 10.1. The van der Waals surface area contributed by atoms with Crippen molar-refractivity contribution in [1.29, 1.82) is 0 Å². The van der Waals surface area contributed by atoms with E-state index in [-0.39, 0.29) is 18.7 Å². The van der Waals surface area contributed by atoms with Crippen molar-refractivity contribution < 1.29 is 23.9 Å². The Morgan fingerprint density at radius 2 is 2.22 bits per heavy atom. The van der Waals surface area contributed by atoms with Crippen LogP contribution in [0.2, 0.25) is 0 Å². The number of amides is 2. The molecule has 1 fully saturated rings. The first kappa shape index (κ1) is 14.4. The first-order chi connectivity index (χ1) is 8.54. The van der Waals surface area contributed by atoms with E-state index < -0.39 is 24.0 Å². The molecule has 0 aromatic carbocycles. The van der Waals surface area contributed by atoms with E-state index in [1.807, 2.05) is 0 Å². The van der Waals surface area contributed by atoms with E-state index in [0.717, 1.165) is 6.42 Å². The molecule has 0 aromatic heterocycles. The summed E-state index contributed by atoms with van der Waals surface area (Å²) in [6.45, 7) is 0.543. The summed E-state index contributed by atoms with van der Waals surface area (Å²) in [5.41, 5.74) is 5.16. The number of rotatable bonds is 6. The maximum absolute atomic E-state index is 11.7. The maximum atomic E-state index is 11.7. The normalized spacial score (nSPS) is 20.2. The van der Waals surface area contributed by atoms with E-state index in [4.69, 9.17) is 10.5 Å². The van der Waals surface area contributed by atoms with Gasteiger partial charge in [0.05, 0.1) is 7.11 Å². The van der Waals surface area contributed by atoms with E-state index in [2.05, 4.69) is 10.1 Å². The minimum Gasteiger partial charge on any atom is -0.469 e. The van der Waals surface area contributed by atoms with Crippen LogP contribution in [0.1, 0.15) is 25.7 Å². The number of hydrogen-bond donors (Lipinski definition) is 2. The topological polar surface area (TPSA) is 108 Å². The number of methoxy groups -OCH3 is 1. The highest BCUT2D eigenvalue weighted by atomic mass is 16.5. The van der Waals surface area contributed by atoms with E-state index in [1.54, 1.807) is 0 Å². The number of primary amides is 1. The molecule has 2 atom stereocenters. The Morgan fingerprint density at radius 3 is 2.72 bits per heavy atom. The fraction of sp³-hybridized carbons (Fsp3) is 0.727. The van der Waals surface area contributed by atoms with Crippen molar-refractivity contribution in [1.82, 2.24) is 5.32 Å². The van der Waals surface area contributed by atoms with Gasteiger partial charge < -0.3 is 20.5 Å². The zero-order valence-electron chi connectivity index (χ0n) is 10.3. The fourth-order valence-corrected chi connectivity index (χ4v) is 1.70. The maximum Gasteiger partial charge on any atom is 0.305 e. The largest absolute Gasteiger partial charge is 0.469 e. The second-order valence-electron chi connectivity index (χ2n) is 4.08. The number of nitrogens with two attached hydrogens (primary N) is 1. The predicted octanol–water partition coefficient (Wildman–Crippen LogP) is -0.911. The molecule has 7 heteroatoms. The Balaban J connectivity index is 2.44. The van der Waals surface area contributed by atoms with Gasteiger partial charge in [0.25, 0.3) is 0 Å². The summed E-state index contributed by atoms with van der Waals surface area (Å²) in [4.78, 5) is 33.8. The second-order valence-corrected chi connectivity index (χ2v) is 4.08. The number of ether oxygens (including phenoxy) is 2. The van der Waals surface area contributed by atoms with Crippen LogP contribution >= 0.6 is 0 Å². The molecule has 0 bridgehead atoms. The lowest BCUT2D eigenvalue weighted by Gasteiger charge is -2.17. The first-order valence-corrected chi connectivity index (χ1v) is 5.82. The number of carbonyl (C=O) groups excluding carboxylic acids is 3. The zero-order valence-corrected chi connectivity index (χ0v) is 10.3. The molecule has 0 saturated carbocycles. The monoisotopic (exact) mass is 258 g/mol. The van der Waals surface area contributed by atoms with Gasteiger partial charge in [0.1, 0.15) is 12.1 Å². The van der Waals surface area contributed by atoms with Crippen molar-refractivity contribution in [3.05, 3.63) is 0 Å². The van der Waals surface area contributed by atoms with E-state index >= 15 is 0 Å². The number of carbonyl (C=O) groups is 3. The lowest BCUT2D eigenvalue weighted by molar-refractivity contribution is -0.141. The van der Waals surface area contributed by atoms with Crippen LogP contribution in [0.5, 0.6) is 0 Å². The van der Waals surface area contributed by atoms with E-state index in [9.17, 15) is 14.4 Å². The van der Waals surface area contributed by atoms with Crippen molar-refractivity contribution in [2.45, 2.75) is 37.8 Å². The minimum atomic E-state index is -0.874. The van der Waals surface area contributed by atoms with Crippen LogP contribution in [0, 0.1) is 0 Å². The van der Waals surface area contributed by atoms with Gasteiger partial charge in [0.2, 0.25) is 11.8 Å². The van der Waals surface area contributed by atoms with Crippen molar-refractivity contribution in [3.8, 4) is 0 Å². The molecule has 1 aliphatic heterocycles. The summed E-state index contributed by atoms with van der Waals surface area (Å²) in [5, 5.41) is 2.49. The molecule has 1 rings (SSSR count). The van der Waals surface area contributed by atoms with Gasteiger partial charge in [-0.1, -0.05) is 0 Å². The molecule has 18 heavy (non-hydrogen) atoms. The quantitative estimate of drug-likeness (QED) is 0.599. The Labute approximate surface area is 105 Å². The van der Waals surface area contributed by atoms with Gasteiger partial charge in [0.15, 0.2) is 0 Å². The molecule has 0 spiro atoms. The van der Waals surface area contributed by atoms with Crippen molar-refractivity contribution in [2.24, 2.45) is 5.73 Å². The van der Waals surface area contributed by atoms with Gasteiger partial charge in [-0.3, -0.25) is 14.4 Å². The minimum absolute atomic E-state index is 0.0237. The summed E-state index contributed by atoms with van der Waals surface area (Å²) >= 11 is 0. The van der Waals surface area contributed by atoms with Gasteiger partial charge in [0, 0.05) is 13.0 Å². The molecule has 2 amide bonds. The number of hydrogen-bond acceptors (Lipinski definition) is 5. The molecule has 0 radical (unpaired) electrons. The molecule has 0 aliphatic carbocycles. The average Bonchev–Trinajstić information content (AvgIpc) is 2.87. The molecular weight excluding hydrogens is 240 g/mol. The fourth-order valence-electron chi connectivity index (χ4n) is 1.70. The third-order valence-electron chi connectivity index (χ3n) is 2.75. The third-order valence-corrected chi connectivity index (χ3v) is 2.75. The molecule has 1 aliphatic rings. The number of nitrogens with one attached hydrogen (secondary N) is 1. The van der Waals surface area contributed by atoms with Gasteiger partial charge in [-0.05, 0) is 19.3 Å². The van der Waals surface area contributed by atoms with Gasteiger partial charge >= 0.3 is 5.97 Å². The average molecular weight is 258 g/mol. The summed E-state index contributed by atoms with van der Waals surface area (Å²) in [7, 11) is 1.26. The molecule has 1 heterocycles. The highest BCUT2D eigenvalue weighted by Gasteiger charge is 2.27.